The fourth-order valence-electron chi connectivity index (χ4n) is 3.71. The number of anilines is 1. The standard InChI is InChI=1S/C24H18N2O6/c1-32-19-9-5-8-18(14-19)25-21(15-6-3-2-4-7-15)20(23(28)24(25)29)22(27)16-10-12-17(13-11-16)26(30)31/h2-14,21,27H,1H3/b22-20+. The molecule has 1 unspecified atom stereocenters. The first-order valence-electron chi connectivity index (χ1n) is 9.67. The third-order valence-corrected chi connectivity index (χ3v) is 5.24. The van der Waals surface area contributed by atoms with Crippen LogP contribution in [0.3, 0.4) is 0 Å². The zero-order valence-electron chi connectivity index (χ0n) is 17.0. The summed E-state index contributed by atoms with van der Waals surface area (Å²) in [4.78, 5) is 37.8. The van der Waals surface area contributed by atoms with Gasteiger partial charge in [0.15, 0.2) is 0 Å². The average Bonchev–Trinajstić information content (AvgIpc) is 3.09. The summed E-state index contributed by atoms with van der Waals surface area (Å²) < 4.78 is 5.25. The molecule has 1 atom stereocenters. The topological polar surface area (TPSA) is 110 Å². The van der Waals surface area contributed by atoms with Crippen molar-refractivity contribution in [2.75, 3.05) is 12.0 Å². The molecular weight excluding hydrogens is 412 g/mol. The van der Waals surface area contributed by atoms with Crippen LogP contribution >= 0.6 is 0 Å². The van der Waals surface area contributed by atoms with E-state index >= 15 is 0 Å². The SMILES string of the molecule is COc1cccc(N2C(=O)C(=O)/C(=C(/O)c3ccc([N+](=O)[O-])cc3)C2c2ccccc2)c1. The lowest BCUT2D eigenvalue weighted by atomic mass is 9.95. The molecule has 8 heteroatoms. The molecule has 3 aromatic rings. The second kappa shape index (κ2) is 8.35. The Balaban J connectivity index is 1.90. The zero-order chi connectivity index (χ0) is 22.8. The number of aliphatic hydroxyl groups is 1. The molecule has 1 aliphatic heterocycles. The Labute approximate surface area is 183 Å². The first kappa shape index (κ1) is 20.8. The third kappa shape index (κ3) is 3.58. The highest BCUT2D eigenvalue weighted by atomic mass is 16.6. The van der Waals surface area contributed by atoms with E-state index in [2.05, 4.69) is 0 Å². The quantitative estimate of drug-likeness (QED) is 0.213. The maximum atomic E-state index is 13.1. The van der Waals surface area contributed by atoms with Crippen LogP contribution in [-0.4, -0.2) is 28.8 Å². The molecule has 4 rings (SSSR count). The predicted molar refractivity (Wildman–Crippen MR) is 117 cm³/mol. The number of nitro groups is 1. The molecule has 8 nitrogen and oxygen atoms in total. The van der Waals surface area contributed by atoms with Crippen LogP contribution in [-0.2, 0) is 9.59 Å². The molecule has 0 radical (unpaired) electrons. The van der Waals surface area contributed by atoms with Gasteiger partial charge in [0.25, 0.3) is 17.4 Å². The van der Waals surface area contributed by atoms with Crippen molar-refractivity contribution in [1.29, 1.82) is 0 Å². The van der Waals surface area contributed by atoms with Crippen molar-refractivity contribution in [3.05, 3.63) is 106 Å². The molecule has 32 heavy (non-hydrogen) atoms. The molecule has 3 aromatic carbocycles. The van der Waals surface area contributed by atoms with Crippen LogP contribution in [0.2, 0.25) is 0 Å². The van der Waals surface area contributed by atoms with Crippen molar-refractivity contribution >= 4 is 28.8 Å². The van der Waals surface area contributed by atoms with Gasteiger partial charge in [-0.25, -0.2) is 0 Å². The number of rotatable bonds is 5. The van der Waals surface area contributed by atoms with Gasteiger partial charge < -0.3 is 9.84 Å². The monoisotopic (exact) mass is 430 g/mol. The molecule has 0 spiro atoms. The molecule has 1 N–H and O–H groups in total. The number of benzene rings is 3. The molecule has 0 aliphatic carbocycles. The number of ketones is 1. The van der Waals surface area contributed by atoms with Crippen molar-refractivity contribution in [3.63, 3.8) is 0 Å². The number of nitrogens with zero attached hydrogens (tertiary/aromatic N) is 2. The van der Waals surface area contributed by atoms with Crippen LogP contribution in [0.25, 0.3) is 5.76 Å². The Morgan fingerprint density at radius 1 is 1.00 bits per heavy atom. The molecule has 0 saturated carbocycles. The third-order valence-electron chi connectivity index (χ3n) is 5.24. The molecule has 0 aromatic heterocycles. The maximum absolute atomic E-state index is 13.1. The first-order valence-corrected chi connectivity index (χ1v) is 9.67. The number of carbonyl (C=O) groups is 2. The van der Waals surface area contributed by atoms with Gasteiger partial charge in [0, 0.05) is 29.4 Å². The molecule has 0 bridgehead atoms. The minimum atomic E-state index is -0.890. The van der Waals surface area contributed by atoms with E-state index in [1.54, 1.807) is 54.6 Å². The first-order chi connectivity index (χ1) is 15.4. The van der Waals surface area contributed by atoms with Crippen molar-refractivity contribution in [1.82, 2.24) is 0 Å². The Hall–Kier alpha value is -4.46. The van der Waals surface area contributed by atoms with Gasteiger partial charge in [-0.15, -0.1) is 0 Å². The molecule has 1 fully saturated rings. The van der Waals surface area contributed by atoms with Gasteiger partial charge in [0.1, 0.15) is 11.5 Å². The summed E-state index contributed by atoms with van der Waals surface area (Å²) in [7, 11) is 1.50. The number of nitro benzene ring substituents is 1. The largest absolute Gasteiger partial charge is 0.507 e. The summed E-state index contributed by atoms with van der Waals surface area (Å²) >= 11 is 0. The number of ether oxygens (including phenoxy) is 1. The van der Waals surface area contributed by atoms with Crippen molar-refractivity contribution in [2.24, 2.45) is 0 Å². The predicted octanol–water partition coefficient (Wildman–Crippen LogP) is 4.23. The summed E-state index contributed by atoms with van der Waals surface area (Å²) in [6.45, 7) is 0. The van der Waals surface area contributed by atoms with E-state index in [0.29, 0.717) is 17.0 Å². The Kier molecular flexibility index (Phi) is 5.43. The Morgan fingerprint density at radius 3 is 2.31 bits per heavy atom. The number of non-ortho nitro benzene ring substituents is 1. The zero-order valence-corrected chi connectivity index (χ0v) is 17.0. The summed E-state index contributed by atoms with van der Waals surface area (Å²) in [6, 6.07) is 19.8. The van der Waals surface area contributed by atoms with Gasteiger partial charge in [-0.1, -0.05) is 36.4 Å². The summed E-state index contributed by atoms with van der Waals surface area (Å²) in [5, 5.41) is 22.0. The highest BCUT2D eigenvalue weighted by molar-refractivity contribution is 6.51. The van der Waals surface area contributed by atoms with Crippen molar-refractivity contribution in [2.45, 2.75) is 6.04 Å². The van der Waals surface area contributed by atoms with Gasteiger partial charge in [0.2, 0.25) is 0 Å². The van der Waals surface area contributed by atoms with Gasteiger partial charge in [-0.2, -0.15) is 0 Å². The van der Waals surface area contributed by atoms with Crippen LogP contribution in [0.15, 0.2) is 84.4 Å². The van der Waals surface area contributed by atoms with Gasteiger partial charge in [-0.3, -0.25) is 24.6 Å². The Bertz CT molecular complexity index is 1230. The number of carbonyl (C=O) groups excluding carboxylic acids is 2. The molecule has 1 amide bonds. The second-order valence-corrected chi connectivity index (χ2v) is 7.09. The van der Waals surface area contributed by atoms with E-state index in [-0.39, 0.29) is 16.8 Å². The minimum Gasteiger partial charge on any atom is -0.507 e. The fourth-order valence-corrected chi connectivity index (χ4v) is 3.71. The fraction of sp³-hybridized carbons (Fsp3) is 0.0833. The number of methoxy groups -OCH3 is 1. The Morgan fingerprint density at radius 2 is 1.69 bits per heavy atom. The lowest BCUT2D eigenvalue weighted by molar-refractivity contribution is -0.384. The molecule has 1 saturated heterocycles. The van der Waals surface area contributed by atoms with Crippen molar-refractivity contribution < 1.29 is 24.4 Å². The van der Waals surface area contributed by atoms with E-state index < -0.39 is 28.4 Å². The molecule has 160 valence electrons. The van der Waals surface area contributed by atoms with E-state index in [4.69, 9.17) is 4.74 Å². The van der Waals surface area contributed by atoms with Crippen LogP contribution in [0.5, 0.6) is 5.75 Å². The van der Waals surface area contributed by atoms with Crippen LogP contribution in [0.4, 0.5) is 11.4 Å². The molecule has 1 aliphatic rings. The van der Waals surface area contributed by atoms with Crippen molar-refractivity contribution in [3.8, 4) is 5.75 Å². The van der Waals surface area contributed by atoms with E-state index in [1.165, 1.54) is 36.3 Å². The van der Waals surface area contributed by atoms with Gasteiger partial charge >= 0.3 is 0 Å². The molecule has 1 heterocycles. The number of Topliss-reactive ketones (excluding diaryl/α,β-unsaturated/α-hetero) is 1. The summed E-state index contributed by atoms with van der Waals surface area (Å²) in [6.07, 6.45) is 0. The number of hydrogen-bond donors (Lipinski definition) is 1. The van der Waals surface area contributed by atoms with E-state index in [1.807, 2.05) is 0 Å². The van der Waals surface area contributed by atoms with E-state index in [0.717, 1.165) is 0 Å². The van der Waals surface area contributed by atoms with E-state index in [9.17, 15) is 24.8 Å². The lowest BCUT2D eigenvalue weighted by Gasteiger charge is -2.25. The van der Waals surface area contributed by atoms with Gasteiger partial charge in [0.05, 0.1) is 23.6 Å². The second-order valence-electron chi connectivity index (χ2n) is 7.09. The summed E-state index contributed by atoms with van der Waals surface area (Å²) in [5.41, 5.74) is 0.997. The van der Waals surface area contributed by atoms with Crippen LogP contribution in [0.1, 0.15) is 17.2 Å². The normalized spacial score (nSPS) is 17.4. The van der Waals surface area contributed by atoms with Gasteiger partial charge in [-0.05, 0) is 29.8 Å². The smallest absolute Gasteiger partial charge is 0.300 e. The molecular formula is C24H18N2O6. The number of amides is 1. The lowest BCUT2D eigenvalue weighted by Crippen LogP contribution is -2.29. The number of aliphatic hydroxyl groups excluding tert-OH is 1. The minimum absolute atomic E-state index is 0.0992. The number of hydrogen-bond acceptors (Lipinski definition) is 6. The maximum Gasteiger partial charge on any atom is 0.300 e. The van der Waals surface area contributed by atoms with Crippen LogP contribution in [0, 0.1) is 10.1 Å². The highest BCUT2D eigenvalue weighted by Gasteiger charge is 2.47. The average molecular weight is 430 g/mol. The summed E-state index contributed by atoms with van der Waals surface area (Å²) in [5.74, 6) is -1.54. The highest BCUT2D eigenvalue weighted by Crippen LogP contribution is 2.42. The van der Waals surface area contributed by atoms with Crippen LogP contribution < -0.4 is 9.64 Å².